The summed E-state index contributed by atoms with van der Waals surface area (Å²) < 4.78 is 0. The lowest BCUT2D eigenvalue weighted by atomic mass is 9.85. The second-order valence-corrected chi connectivity index (χ2v) is 5.20. The van der Waals surface area contributed by atoms with Crippen molar-refractivity contribution in [3.05, 3.63) is 0 Å². The van der Waals surface area contributed by atoms with Gasteiger partial charge in [-0.05, 0) is 24.2 Å². The summed E-state index contributed by atoms with van der Waals surface area (Å²) in [5, 5.41) is 0. The van der Waals surface area contributed by atoms with Gasteiger partial charge in [-0.15, -0.1) is 0 Å². The summed E-state index contributed by atoms with van der Waals surface area (Å²) in [6, 6.07) is 0. The van der Waals surface area contributed by atoms with Crippen molar-refractivity contribution in [2.24, 2.45) is 17.8 Å². The van der Waals surface area contributed by atoms with E-state index in [1.807, 2.05) is 0 Å². The third kappa shape index (κ3) is 2.48. The van der Waals surface area contributed by atoms with Gasteiger partial charge in [0.25, 0.3) is 0 Å². The van der Waals surface area contributed by atoms with Crippen molar-refractivity contribution >= 4 is 0 Å². The van der Waals surface area contributed by atoms with Crippen molar-refractivity contribution in [1.29, 1.82) is 0 Å². The van der Waals surface area contributed by atoms with Crippen molar-refractivity contribution in [3.63, 3.8) is 0 Å². The molecule has 0 spiro atoms. The molecule has 2 saturated carbocycles. The smallest absolute Gasteiger partial charge is 0.0355 e. The molecular formula is C13H24. The highest BCUT2D eigenvalue weighted by atomic mass is 14.5. The molecule has 3 unspecified atom stereocenters. The summed E-state index contributed by atoms with van der Waals surface area (Å²) in [6.45, 7) is 2.30. The zero-order valence-electron chi connectivity index (χ0n) is 9.10. The maximum atomic E-state index is 2.30. The Morgan fingerprint density at radius 3 is 2.85 bits per heavy atom. The first-order valence-corrected chi connectivity index (χ1v) is 6.42. The lowest BCUT2D eigenvalue weighted by Crippen LogP contribution is -2.09. The summed E-state index contributed by atoms with van der Waals surface area (Å²) in [5.41, 5.74) is 0. The molecule has 2 rings (SSSR count). The van der Waals surface area contributed by atoms with E-state index in [-0.39, 0.29) is 0 Å². The van der Waals surface area contributed by atoms with Crippen LogP contribution in [0.1, 0.15) is 64.7 Å². The fourth-order valence-corrected chi connectivity index (χ4v) is 3.23. The van der Waals surface area contributed by atoms with E-state index in [9.17, 15) is 0 Å². The third-order valence-electron chi connectivity index (χ3n) is 4.16. The van der Waals surface area contributed by atoms with E-state index in [0.29, 0.717) is 0 Å². The molecule has 2 aliphatic carbocycles. The van der Waals surface area contributed by atoms with Gasteiger partial charge in [0.1, 0.15) is 0 Å². The van der Waals surface area contributed by atoms with Crippen molar-refractivity contribution < 1.29 is 0 Å². The maximum absolute atomic E-state index is 2.30. The largest absolute Gasteiger partial charge is 0.0654 e. The zero-order valence-corrected chi connectivity index (χ0v) is 9.10. The van der Waals surface area contributed by atoms with Crippen LogP contribution in [0.3, 0.4) is 0 Å². The third-order valence-corrected chi connectivity index (χ3v) is 4.16. The summed E-state index contributed by atoms with van der Waals surface area (Å²) in [7, 11) is 0. The predicted molar refractivity (Wildman–Crippen MR) is 57.7 cm³/mol. The molecule has 2 fully saturated rings. The average Bonchev–Trinajstić information content (AvgIpc) is 2.91. The van der Waals surface area contributed by atoms with E-state index in [2.05, 4.69) is 6.92 Å². The minimum Gasteiger partial charge on any atom is -0.0654 e. The van der Waals surface area contributed by atoms with Gasteiger partial charge < -0.3 is 0 Å². The first-order chi connectivity index (χ1) is 6.42. The van der Waals surface area contributed by atoms with E-state index in [0.717, 1.165) is 5.92 Å². The lowest BCUT2D eigenvalue weighted by molar-refractivity contribution is 0.307. The van der Waals surface area contributed by atoms with Crippen LogP contribution in [0.4, 0.5) is 0 Å². The van der Waals surface area contributed by atoms with Gasteiger partial charge in [0.2, 0.25) is 0 Å². The molecular weight excluding hydrogens is 156 g/mol. The Kier molecular flexibility index (Phi) is 3.29. The van der Waals surface area contributed by atoms with Crippen LogP contribution < -0.4 is 0 Å². The van der Waals surface area contributed by atoms with Gasteiger partial charge in [0, 0.05) is 0 Å². The summed E-state index contributed by atoms with van der Waals surface area (Å²) in [4.78, 5) is 0. The van der Waals surface area contributed by atoms with E-state index >= 15 is 0 Å². The van der Waals surface area contributed by atoms with E-state index in [1.54, 1.807) is 32.1 Å². The van der Waals surface area contributed by atoms with E-state index in [1.165, 1.54) is 37.5 Å². The Morgan fingerprint density at radius 1 is 1.08 bits per heavy atom. The molecule has 0 bridgehead atoms. The number of rotatable bonds is 5. The molecule has 0 heteroatoms. The molecule has 0 radical (unpaired) electrons. The normalized spacial score (nSPS) is 37.2. The van der Waals surface area contributed by atoms with Gasteiger partial charge in [-0.1, -0.05) is 58.3 Å². The first-order valence-electron chi connectivity index (χ1n) is 6.42. The monoisotopic (exact) mass is 180 g/mol. The minimum absolute atomic E-state index is 1.15. The fourth-order valence-electron chi connectivity index (χ4n) is 3.23. The molecule has 0 saturated heterocycles. The molecule has 0 nitrogen and oxygen atoms in total. The van der Waals surface area contributed by atoms with Crippen molar-refractivity contribution in [1.82, 2.24) is 0 Å². The molecule has 0 aromatic heterocycles. The summed E-state index contributed by atoms with van der Waals surface area (Å²) >= 11 is 0. The lowest BCUT2D eigenvalue weighted by Gasteiger charge is -2.20. The van der Waals surface area contributed by atoms with Crippen LogP contribution in [0, 0.1) is 17.8 Å². The SMILES string of the molecule is CCCCCCC1CCCC2CC12. The van der Waals surface area contributed by atoms with Crippen LogP contribution in [0.15, 0.2) is 0 Å². The average molecular weight is 180 g/mol. The Morgan fingerprint density at radius 2 is 2.00 bits per heavy atom. The second kappa shape index (κ2) is 4.48. The van der Waals surface area contributed by atoms with Gasteiger partial charge in [0.05, 0.1) is 0 Å². The highest BCUT2D eigenvalue weighted by Gasteiger charge is 2.44. The molecule has 0 heterocycles. The zero-order chi connectivity index (χ0) is 9.10. The number of hydrogen-bond acceptors (Lipinski definition) is 0. The van der Waals surface area contributed by atoms with E-state index < -0.39 is 0 Å². The highest BCUT2D eigenvalue weighted by Crippen LogP contribution is 2.54. The van der Waals surface area contributed by atoms with Crippen LogP contribution in [0.25, 0.3) is 0 Å². The van der Waals surface area contributed by atoms with Crippen LogP contribution in [0.2, 0.25) is 0 Å². The van der Waals surface area contributed by atoms with Gasteiger partial charge in [-0.3, -0.25) is 0 Å². The predicted octanol–water partition coefficient (Wildman–Crippen LogP) is 4.39. The molecule has 2 aliphatic rings. The van der Waals surface area contributed by atoms with Gasteiger partial charge in [-0.25, -0.2) is 0 Å². The number of hydrogen-bond donors (Lipinski definition) is 0. The second-order valence-electron chi connectivity index (χ2n) is 5.20. The van der Waals surface area contributed by atoms with Crippen molar-refractivity contribution in [2.45, 2.75) is 64.7 Å². The minimum atomic E-state index is 1.15. The quantitative estimate of drug-likeness (QED) is 0.550. The summed E-state index contributed by atoms with van der Waals surface area (Å²) in [5.74, 6) is 3.52. The highest BCUT2D eigenvalue weighted by molar-refractivity contribution is 4.94. The Labute approximate surface area is 83.1 Å². The Hall–Kier alpha value is 0. The van der Waals surface area contributed by atoms with Gasteiger partial charge >= 0.3 is 0 Å². The molecule has 0 aliphatic heterocycles. The Balaban J connectivity index is 1.59. The summed E-state index contributed by atoms with van der Waals surface area (Å²) in [6.07, 6.45) is 13.7. The van der Waals surface area contributed by atoms with Crippen LogP contribution in [-0.2, 0) is 0 Å². The maximum Gasteiger partial charge on any atom is -0.0355 e. The van der Waals surface area contributed by atoms with Crippen molar-refractivity contribution in [3.8, 4) is 0 Å². The fraction of sp³-hybridized carbons (Fsp3) is 1.00. The molecule has 0 aromatic rings. The molecule has 0 N–H and O–H groups in total. The van der Waals surface area contributed by atoms with Gasteiger partial charge in [-0.2, -0.15) is 0 Å². The van der Waals surface area contributed by atoms with Crippen LogP contribution >= 0.6 is 0 Å². The topological polar surface area (TPSA) is 0 Å². The molecule has 3 atom stereocenters. The number of unbranched alkanes of at least 4 members (excludes halogenated alkanes) is 3. The molecule has 13 heavy (non-hydrogen) atoms. The van der Waals surface area contributed by atoms with Crippen LogP contribution in [0.5, 0.6) is 0 Å². The van der Waals surface area contributed by atoms with Crippen LogP contribution in [-0.4, -0.2) is 0 Å². The van der Waals surface area contributed by atoms with Gasteiger partial charge in [0.15, 0.2) is 0 Å². The Bertz CT molecular complexity index is 150. The molecule has 76 valence electrons. The van der Waals surface area contributed by atoms with Crippen molar-refractivity contribution in [2.75, 3.05) is 0 Å². The molecule has 0 aromatic carbocycles. The van der Waals surface area contributed by atoms with E-state index in [4.69, 9.17) is 0 Å². The standard InChI is InChI=1S/C13H24/c1-2-3-4-5-7-11-8-6-9-12-10-13(11)12/h11-13H,2-10H2,1H3. The first kappa shape index (κ1) is 9.55. The molecule has 0 amide bonds. The number of fused-ring (bicyclic) bond motifs is 1.